The van der Waals surface area contributed by atoms with E-state index in [1.807, 2.05) is 6.07 Å². The molecule has 0 unspecified atom stereocenters. The molecule has 0 aliphatic rings. The lowest BCUT2D eigenvalue weighted by Crippen LogP contribution is -2.28. The number of carboxylic acid groups (broad SMARTS) is 1. The Morgan fingerprint density at radius 1 is 1.33 bits per heavy atom. The molecule has 1 heterocycles. The normalized spacial score (nSPS) is 10.2. The van der Waals surface area contributed by atoms with Gasteiger partial charge in [-0.15, -0.1) is 0 Å². The molecule has 0 radical (unpaired) electrons. The van der Waals surface area contributed by atoms with Crippen LogP contribution < -0.4 is 10.6 Å². The van der Waals surface area contributed by atoms with E-state index < -0.39 is 5.97 Å². The largest absolute Gasteiger partial charge is 0.478 e. The van der Waals surface area contributed by atoms with Crippen LogP contribution in [-0.2, 0) is 13.6 Å². The molecule has 0 saturated carbocycles. The molecule has 0 saturated heterocycles. The number of benzene rings is 1. The topological polar surface area (TPSA) is 96.3 Å². The Balaban J connectivity index is 1.94. The second-order valence-corrected chi connectivity index (χ2v) is 4.62. The average molecular weight is 288 g/mol. The van der Waals surface area contributed by atoms with Gasteiger partial charge in [0.05, 0.1) is 17.8 Å². The quantitative estimate of drug-likeness (QED) is 0.798. The summed E-state index contributed by atoms with van der Waals surface area (Å²) < 4.78 is 1.66. The highest BCUT2D eigenvalue weighted by atomic mass is 16.4. The van der Waals surface area contributed by atoms with Crippen molar-refractivity contribution in [1.29, 1.82) is 0 Å². The van der Waals surface area contributed by atoms with Crippen LogP contribution in [0.25, 0.3) is 0 Å². The van der Waals surface area contributed by atoms with Crippen LogP contribution in [0.2, 0.25) is 0 Å². The van der Waals surface area contributed by atoms with Crippen LogP contribution in [-0.4, -0.2) is 26.9 Å². The molecule has 2 amide bonds. The molecule has 110 valence electrons. The number of urea groups is 1. The number of anilines is 1. The molecule has 1 aromatic carbocycles. The smallest absolute Gasteiger partial charge is 0.335 e. The summed E-state index contributed by atoms with van der Waals surface area (Å²) in [5, 5.41) is 18.4. The summed E-state index contributed by atoms with van der Waals surface area (Å²) in [6, 6.07) is 5.97. The van der Waals surface area contributed by atoms with E-state index in [1.54, 1.807) is 30.9 Å². The van der Waals surface area contributed by atoms with Gasteiger partial charge < -0.3 is 15.7 Å². The monoisotopic (exact) mass is 288 g/mol. The molecule has 0 fully saturated rings. The third-order valence-electron chi connectivity index (χ3n) is 2.92. The van der Waals surface area contributed by atoms with Crippen LogP contribution in [0.5, 0.6) is 0 Å². The maximum absolute atomic E-state index is 11.8. The highest BCUT2D eigenvalue weighted by Crippen LogP contribution is 2.16. The Morgan fingerprint density at radius 3 is 2.67 bits per heavy atom. The van der Waals surface area contributed by atoms with E-state index >= 15 is 0 Å². The molecule has 0 spiro atoms. The predicted molar refractivity (Wildman–Crippen MR) is 77.2 cm³/mol. The van der Waals surface area contributed by atoms with Gasteiger partial charge in [0.2, 0.25) is 0 Å². The Labute approximate surface area is 121 Å². The van der Waals surface area contributed by atoms with E-state index in [-0.39, 0.29) is 11.6 Å². The van der Waals surface area contributed by atoms with Gasteiger partial charge in [-0.05, 0) is 36.8 Å². The minimum absolute atomic E-state index is 0.187. The number of hydrogen-bond acceptors (Lipinski definition) is 3. The summed E-state index contributed by atoms with van der Waals surface area (Å²) in [5.41, 5.74) is 2.19. The van der Waals surface area contributed by atoms with Crippen LogP contribution in [0.1, 0.15) is 21.6 Å². The number of carbonyl (C=O) groups is 2. The molecule has 7 heteroatoms. The number of nitrogens with one attached hydrogen (secondary N) is 2. The highest BCUT2D eigenvalue weighted by Gasteiger charge is 2.08. The van der Waals surface area contributed by atoms with E-state index in [2.05, 4.69) is 15.7 Å². The second kappa shape index (κ2) is 6.08. The first-order chi connectivity index (χ1) is 9.95. The number of nitrogens with zero attached hydrogens (tertiary/aromatic N) is 2. The maximum Gasteiger partial charge on any atom is 0.335 e. The summed E-state index contributed by atoms with van der Waals surface area (Å²) in [7, 11) is 1.80. The summed E-state index contributed by atoms with van der Waals surface area (Å²) in [5.74, 6) is -0.996. The predicted octanol–water partition coefficient (Wildman–Crippen LogP) is 1.75. The second-order valence-electron chi connectivity index (χ2n) is 4.62. The number of carboxylic acids is 1. The Morgan fingerprint density at radius 2 is 2.10 bits per heavy atom. The summed E-state index contributed by atoms with van der Waals surface area (Å²) >= 11 is 0. The first-order valence-electron chi connectivity index (χ1n) is 6.33. The fraction of sp³-hybridized carbons (Fsp3) is 0.214. The Bertz CT molecular complexity index is 679. The van der Waals surface area contributed by atoms with Crippen LogP contribution in [0.15, 0.2) is 30.5 Å². The SMILES string of the molecule is Cc1cc(C(=O)O)ccc1NC(=O)NCc1ccn(C)n1. The van der Waals surface area contributed by atoms with Crippen molar-refractivity contribution in [2.24, 2.45) is 7.05 Å². The number of hydrogen-bond donors (Lipinski definition) is 3. The Hall–Kier alpha value is -2.83. The van der Waals surface area contributed by atoms with Crippen molar-refractivity contribution in [2.75, 3.05) is 5.32 Å². The summed E-state index contributed by atoms with van der Waals surface area (Å²) in [6.45, 7) is 2.06. The van der Waals surface area contributed by atoms with Crippen LogP contribution >= 0.6 is 0 Å². The first-order valence-corrected chi connectivity index (χ1v) is 6.33. The van der Waals surface area contributed by atoms with Crippen molar-refractivity contribution < 1.29 is 14.7 Å². The molecule has 0 atom stereocenters. The summed E-state index contributed by atoms with van der Waals surface area (Å²) in [4.78, 5) is 22.6. The average Bonchev–Trinajstić information content (AvgIpc) is 2.84. The fourth-order valence-corrected chi connectivity index (χ4v) is 1.83. The van der Waals surface area contributed by atoms with Crippen LogP contribution in [0.3, 0.4) is 0 Å². The van der Waals surface area contributed by atoms with Gasteiger partial charge in [0, 0.05) is 18.9 Å². The lowest BCUT2D eigenvalue weighted by atomic mass is 10.1. The minimum atomic E-state index is -0.996. The van der Waals surface area contributed by atoms with E-state index in [0.717, 1.165) is 5.69 Å². The van der Waals surface area contributed by atoms with Crippen molar-refractivity contribution >= 4 is 17.7 Å². The van der Waals surface area contributed by atoms with Gasteiger partial charge in [-0.3, -0.25) is 4.68 Å². The molecule has 2 aromatic rings. The van der Waals surface area contributed by atoms with E-state index in [0.29, 0.717) is 17.8 Å². The fourth-order valence-electron chi connectivity index (χ4n) is 1.83. The lowest BCUT2D eigenvalue weighted by molar-refractivity contribution is 0.0697. The number of amides is 2. The number of rotatable bonds is 4. The number of aromatic nitrogens is 2. The summed E-state index contributed by atoms with van der Waals surface area (Å²) in [6.07, 6.45) is 1.80. The third kappa shape index (κ3) is 3.82. The minimum Gasteiger partial charge on any atom is -0.478 e. The molecule has 7 nitrogen and oxygen atoms in total. The Kier molecular flexibility index (Phi) is 4.22. The number of aromatic carboxylic acids is 1. The van der Waals surface area contributed by atoms with Gasteiger partial charge in [0.25, 0.3) is 0 Å². The molecule has 0 bridgehead atoms. The van der Waals surface area contributed by atoms with Gasteiger partial charge in [-0.25, -0.2) is 9.59 Å². The number of aryl methyl sites for hydroxylation is 2. The molecule has 1 aromatic heterocycles. The zero-order valence-electron chi connectivity index (χ0n) is 11.8. The van der Waals surface area contributed by atoms with Crippen molar-refractivity contribution in [3.63, 3.8) is 0 Å². The van der Waals surface area contributed by atoms with E-state index in [1.165, 1.54) is 12.1 Å². The maximum atomic E-state index is 11.8. The first kappa shape index (κ1) is 14.6. The van der Waals surface area contributed by atoms with E-state index in [9.17, 15) is 9.59 Å². The van der Waals surface area contributed by atoms with Crippen molar-refractivity contribution in [3.8, 4) is 0 Å². The van der Waals surface area contributed by atoms with Gasteiger partial charge >= 0.3 is 12.0 Å². The molecular weight excluding hydrogens is 272 g/mol. The molecule has 3 N–H and O–H groups in total. The molecular formula is C14H16N4O3. The van der Waals surface area contributed by atoms with Crippen molar-refractivity contribution in [2.45, 2.75) is 13.5 Å². The third-order valence-corrected chi connectivity index (χ3v) is 2.92. The van der Waals surface area contributed by atoms with Crippen molar-refractivity contribution in [1.82, 2.24) is 15.1 Å². The van der Waals surface area contributed by atoms with E-state index in [4.69, 9.17) is 5.11 Å². The molecule has 0 aliphatic carbocycles. The molecule has 21 heavy (non-hydrogen) atoms. The zero-order valence-corrected chi connectivity index (χ0v) is 11.8. The standard InChI is InChI=1S/C14H16N4O3/c1-9-7-10(13(19)20)3-4-12(9)16-14(21)15-8-11-5-6-18(2)17-11/h3-7H,8H2,1-2H3,(H,19,20)(H2,15,16,21). The number of carbonyl (C=O) groups excluding carboxylic acids is 1. The molecule has 0 aliphatic heterocycles. The van der Waals surface area contributed by atoms with Crippen molar-refractivity contribution in [3.05, 3.63) is 47.3 Å². The molecule has 2 rings (SSSR count). The van der Waals surface area contributed by atoms with Gasteiger partial charge in [-0.2, -0.15) is 5.10 Å². The van der Waals surface area contributed by atoms with Gasteiger partial charge in [-0.1, -0.05) is 0 Å². The highest BCUT2D eigenvalue weighted by molar-refractivity contribution is 5.92. The van der Waals surface area contributed by atoms with Gasteiger partial charge in [0.1, 0.15) is 0 Å². The van der Waals surface area contributed by atoms with Crippen LogP contribution in [0, 0.1) is 6.92 Å². The van der Waals surface area contributed by atoms with Gasteiger partial charge in [0.15, 0.2) is 0 Å². The van der Waals surface area contributed by atoms with Crippen LogP contribution in [0.4, 0.5) is 10.5 Å². The lowest BCUT2D eigenvalue weighted by Gasteiger charge is -2.09. The zero-order chi connectivity index (χ0) is 15.4.